The highest BCUT2D eigenvalue weighted by Crippen LogP contribution is 2.43. The highest BCUT2D eigenvalue weighted by molar-refractivity contribution is 7.92. The van der Waals surface area contributed by atoms with Crippen molar-refractivity contribution in [3.05, 3.63) is 52.4 Å². The van der Waals surface area contributed by atoms with Crippen LogP contribution in [0.3, 0.4) is 0 Å². The summed E-state index contributed by atoms with van der Waals surface area (Å²) in [6.07, 6.45) is -2.89. The fraction of sp³-hybridized carbons (Fsp3) is 0.538. The summed E-state index contributed by atoms with van der Waals surface area (Å²) in [5.41, 5.74) is 0.355. The number of carbonyl (C=O) groups excluding carboxylic acids is 1. The lowest BCUT2D eigenvalue weighted by molar-refractivity contribution is -0.173. The molecule has 1 aliphatic carbocycles. The first kappa shape index (κ1) is 30.1. The van der Waals surface area contributed by atoms with Gasteiger partial charge >= 0.3 is 6.18 Å². The number of rotatable bonds is 8. The quantitative estimate of drug-likeness (QED) is 0.390. The monoisotopic (exact) mass is 600 g/mol. The second-order valence-corrected chi connectivity index (χ2v) is 18.5. The minimum atomic E-state index is -4.31. The molecule has 1 aromatic heterocycles. The van der Waals surface area contributed by atoms with E-state index in [1.807, 2.05) is 4.90 Å². The molecule has 1 saturated carbocycles. The van der Waals surface area contributed by atoms with Gasteiger partial charge in [0.2, 0.25) is 10.0 Å². The number of nitrogens with zero attached hydrogens (tertiary/aromatic N) is 2. The van der Waals surface area contributed by atoms with E-state index in [1.54, 1.807) is 6.07 Å². The Kier molecular flexibility index (Phi) is 8.71. The van der Waals surface area contributed by atoms with E-state index in [1.165, 1.54) is 35.0 Å². The van der Waals surface area contributed by atoms with Crippen molar-refractivity contribution in [2.75, 3.05) is 40.4 Å². The molecular formula is C26H35F3N4O5SSi. The van der Waals surface area contributed by atoms with E-state index in [0.717, 1.165) is 12.1 Å². The van der Waals surface area contributed by atoms with Gasteiger partial charge in [0.25, 0.3) is 11.5 Å². The van der Waals surface area contributed by atoms with Crippen molar-refractivity contribution < 1.29 is 31.5 Å². The minimum Gasteiger partial charge on any atom is -0.395 e. The number of amides is 1. The van der Waals surface area contributed by atoms with Gasteiger partial charge < -0.3 is 19.9 Å². The van der Waals surface area contributed by atoms with Crippen LogP contribution in [-0.2, 0) is 10.0 Å². The van der Waals surface area contributed by atoms with Crippen molar-refractivity contribution in [1.82, 2.24) is 4.57 Å². The first-order chi connectivity index (χ1) is 18.7. The number of anilines is 3. The standard InChI is InChI=1S/C26H35F3N4O5SSi/c1-40(2)14-10-32(11-15-40)23-17-19(31-39(37,38)13-12-34)6-8-21(23)24(35)30-22-4-3-9-33(25(22)36)20-7-5-18(16-20)26(27,28)29/h3-4,6,8-9,17-18,20,31,34H,5,7,10-16H2,1-2H3,(H,30,35)/t18-,20+/m1/s1. The van der Waals surface area contributed by atoms with Crippen LogP contribution >= 0.6 is 0 Å². The van der Waals surface area contributed by atoms with Crippen LogP contribution in [0.5, 0.6) is 0 Å². The Bertz CT molecular complexity index is 1400. The summed E-state index contributed by atoms with van der Waals surface area (Å²) in [5.74, 6) is -2.52. The number of aromatic nitrogens is 1. The van der Waals surface area contributed by atoms with Crippen molar-refractivity contribution >= 4 is 41.1 Å². The predicted molar refractivity (Wildman–Crippen MR) is 151 cm³/mol. The smallest absolute Gasteiger partial charge is 0.391 e. The summed E-state index contributed by atoms with van der Waals surface area (Å²) in [6, 6.07) is 8.78. The topological polar surface area (TPSA) is 121 Å². The zero-order valence-electron chi connectivity index (χ0n) is 22.5. The number of alkyl halides is 3. The number of hydrogen-bond donors (Lipinski definition) is 3. The van der Waals surface area contributed by atoms with Gasteiger partial charge in [-0.2, -0.15) is 13.2 Å². The van der Waals surface area contributed by atoms with Gasteiger partial charge in [-0.1, -0.05) is 13.1 Å². The van der Waals surface area contributed by atoms with Gasteiger partial charge in [0.15, 0.2) is 0 Å². The third-order valence-corrected chi connectivity index (χ3v) is 12.2. The maximum Gasteiger partial charge on any atom is 0.391 e. The average molecular weight is 601 g/mol. The molecule has 40 heavy (non-hydrogen) atoms. The molecule has 1 aliphatic heterocycles. The molecule has 0 bridgehead atoms. The lowest BCUT2D eigenvalue weighted by atomic mass is 10.1. The molecule has 0 spiro atoms. The number of nitrogens with one attached hydrogen (secondary N) is 2. The van der Waals surface area contributed by atoms with Gasteiger partial charge in [-0.3, -0.25) is 14.3 Å². The number of pyridine rings is 1. The van der Waals surface area contributed by atoms with E-state index < -0.39 is 60.1 Å². The number of sulfonamides is 1. The SMILES string of the molecule is C[Si]1(C)CCN(c2cc(NS(=O)(=O)CCO)ccc2C(=O)Nc2cccn([C@H]3CC[C@@H](C(F)(F)F)C3)c2=O)CC1. The van der Waals surface area contributed by atoms with Crippen molar-refractivity contribution in [2.24, 2.45) is 5.92 Å². The Morgan fingerprint density at radius 2 is 1.85 bits per heavy atom. The Balaban J connectivity index is 1.61. The Morgan fingerprint density at radius 1 is 1.15 bits per heavy atom. The fourth-order valence-corrected chi connectivity index (χ4v) is 8.17. The molecule has 9 nitrogen and oxygen atoms in total. The largest absolute Gasteiger partial charge is 0.395 e. The van der Waals surface area contributed by atoms with E-state index in [-0.39, 0.29) is 36.2 Å². The molecule has 2 fully saturated rings. The van der Waals surface area contributed by atoms with Crippen molar-refractivity contribution in [1.29, 1.82) is 0 Å². The van der Waals surface area contributed by atoms with Crippen LogP contribution in [0.15, 0.2) is 41.3 Å². The zero-order valence-corrected chi connectivity index (χ0v) is 24.3. The van der Waals surface area contributed by atoms with Gasteiger partial charge in [-0.15, -0.1) is 0 Å². The molecule has 220 valence electrons. The van der Waals surface area contributed by atoms with Gasteiger partial charge in [0.05, 0.1) is 43.3 Å². The van der Waals surface area contributed by atoms with Gasteiger partial charge in [-0.25, -0.2) is 8.42 Å². The van der Waals surface area contributed by atoms with Crippen molar-refractivity contribution in [3.8, 4) is 0 Å². The summed E-state index contributed by atoms with van der Waals surface area (Å²) in [4.78, 5) is 28.7. The molecule has 1 amide bonds. The molecule has 2 aromatic rings. The van der Waals surface area contributed by atoms with Crippen LogP contribution in [0.25, 0.3) is 0 Å². The van der Waals surface area contributed by atoms with E-state index in [9.17, 15) is 31.2 Å². The van der Waals surface area contributed by atoms with Gasteiger partial charge in [0.1, 0.15) is 5.69 Å². The molecule has 1 saturated heterocycles. The number of halogens is 3. The number of carbonyl (C=O) groups is 1. The maximum absolute atomic E-state index is 13.5. The Labute approximate surface area is 232 Å². The minimum absolute atomic E-state index is 0.0474. The summed E-state index contributed by atoms with van der Waals surface area (Å²) >= 11 is 0. The second-order valence-electron chi connectivity index (χ2n) is 11.3. The first-order valence-corrected chi connectivity index (χ1v) is 18.4. The molecule has 0 unspecified atom stereocenters. The van der Waals surface area contributed by atoms with Crippen LogP contribution in [0.1, 0.15) is 35.7 Å². The summed E-state index contributed by atoms with van der Waals surface area (Å²) < 4.78 is 67.7. The molecule has 1 aromatic carbocycles. The maximum atomic E-state index is 13.5. The zero-order chi connectivity index (χ0) is 29.3. The van der Waals surface area contributed by atoms with E-state index in [2.05, 4.69) is 23.1 Å². The predicted octanol–water partition coefficient (Wildman–Crippen LogP) is 4.27. The summed E-state index contributed by atoms with van der Waals surface area (Å²) in [7, 11) is -5.16. The third-order valence-electron chi connectivity index (χ3n) is 7.82. The van der Waals surface area contributed by atoms with Crippen LogP contribution in [0.4, 0.5) is 30.2 Å². The van der Waals surface area contributed by atoms with E-state index in [4.69, 9.17) is 5.11 Å². The highest BCUT2D eigenvalue weighted by Gasteiger charge is 2.44. The van der Waals surface area contributed by atoms with E-state index in [0.29, 0.717) is 18.8 Å². The van der Waals surface area contributed by atoms with E-state index >= 15 is 0 Å². The molecule has 0 radical (unpaired) electrons. The molecule has 14 heteroatoms. The highest BCUT2D eigenvalue weighted by atomic mass is 32.2. The van der Waals surface area contributed by atoms with Crippen LogP contribution in [0.2, 0.25) is 25.2 Å². The van der Waals surface area contributed by atoms with Gasteiger partial charge in [0, 0.05) is 25.3 Å². The first-order valence-electron chi connectivity index (χ1n) is 13.3. The number of hydrogen-bond acceptors (Lipinski definition) is 6. The second kappa shape index (κ2) is 11.6. The number of aliphatic hydroxyl groups is 1. The van der Waals surface area contributed by atoms with Gasteiger partial charge in [-0.05, 0) is 61.7 Å². The van der Waals surface area contributed by atoms with Crippen molar-refractivity contribution in [2.45, 2.75) is 56.7 Å². The number of aliphatic hydroxyl groups excluding tert-OH is 1. The normalized spacial score (nSPS) is 21.3. The van der Waals surface area contributed by atoms with Crippen LogP contribution in [0, 0.1) is 5.92 Å². The lowest BCUT2D eigenvalue weighted by Gasteiger charge is -2.38. The van der Waals surface area contributed by atoms with Crippen molar-refractivity contribution in [3.63, 3.8) is 0 Å². The molecule has 2 atom stereocenters. The van der Waals surface area contributed by atoms with Crippen LogP contribution < -0.4 is 20.5 Å². The lowest BCUT2D eigenvalue weighted by Crippen LogP contribution is -2.43. The summed E-state index contributed by atoms with van der Waals surface area (Å²) in [5, 5.41) is 11.7. The third kappa shape index (κ3) is 7.07. The molecular weight excluding hydrogens is 565 g/mol. The average Bonchev–Trinajstić information content (AvgIpc) is 3.36. The molecule has 4 rings (SSSR count). The Morgan fingerprint density at radius 3 is 2.48 bits per heavy atom. The van der Waals surface area contributed by atoms with Crippen LogP contribution in [-0.4, -0.2) is 63.7 Å². The fourth-order valence-electron chi connectivity index (χ4n) is 5.34. The number of benzene rings is 1. The summed E-state index contributed by atoms with van der Waals surface area (Å²) in [6.45, 7) is 5.41. The molecule has 2 aliphatic rings. The molecule has 3 N–H and O–H groups in total. The Hall–Kier alpha value is -2.84. The molecule has 2 heterocycles.